The number of anilines is 1. The fourth-order valence-corrected chi connectivity index (χ4v) is 3.27. The molecule has 0 saturated heterocycles. The molecule has 0 saturated carbocycles. The van der Waals surface area contributed by atoms with Gasteiger partial charge < -0.3 is 0 Å². The highest BCUT2D eigenvalue weighted by atomic mass is 32.2. The molecule has 0 aliphatic carbocycles. The van der Waals surface area contributed by atoms with E-state index in [2.05, 4.69) is 23.6 Å². The van der Waals surface area contributed by atoms with Gasteiger partial charge in [0, 0.05) is 23.5 Å². The van der Waals surface area contributed by atoms with Gasteiger partial charge in [-0.15, -0.1) is 11.3 Å². The molecule has 1 aliphatic heterocycles. The minimum absolute atomic E-state index is 0.187. The highest BCUT2D eigenvalue weighted by Gasteiger charge is 2.24. The van der Waals surface area contributed by atoms with E-state index in [4.69, 9.17) is 5.14 Å². The van der Waals surface area contributed by atoms with Crippen molar-refractivity contribution in [3.05, 3.63) is 54.1 Å². The average Bonchev–Trinajstić information content (AvgIpc) is 3.15. The molecule has 2 heterocycles. The summed E-state index contributed by atoms with van der Waals surface area (Å²) in [5.74, 6) is 0. The quantitative estimate of drug-likeness (QED) is 0.860. The van der Waals surface area contributed by atoms with Crippen molar-refractivity contribution >= 4 is 33.5 Å². The monoisotopic (exact) mass is 303 g/mol. The molecular weight excluding hydrogens is 290 g/mol. The van der Waals surface area contributed by atoms with Crippen LogP contribution in [0.1, 0.15) is 0 Å². The molecule has 1 aromatic heterocycles. The van der Waals surface area contributed by atoms with Crippen LogP contribution in [0.4, 0.5) is 9.80 Å². The SMILES string of the molecule is NSC(=O)N1C=CCN1c1cc(-c2ccccc2)cs1. The lowest BCUT2D eigenvalue weighted by Gasteiger charge is -2.26. The number of hydrogen-bond acceptors (Lipinski definition) is 5. The molecule has 20 heavy (non-hydrogen) atoms. The van der Waals surface area contributed by atoms with Crippen LogP contribution in [0, 0.1) is 0 Å². The Hall–Kier alpha value is -1.76. The largest absolute Gasteiger partial charge is 0.319 e. The Morgan fingerprint density at radius 2 is 2.05 bits per heavy atom. The molecule has 2 aromatic rings. The number of hydrazine groups is 1. The van der Waals surface area contributed by atoms with Gasteiger partial charge in [0.1, 0.15) is 5.00 Å². The van der Waals surface area contributed by atoms with Crippen molar-refractivity contribution in [3.63, 3.8) is 0 Å². The van der Waals surface area contributed by atoms with Crippen molar-refractivity contribution in [2.75, 3.05) is 11.6 Å². The maximum absolute atomic E-state index is 11.8. The molecule has 0 fully saturated rings. The summed E-state index contributed by atoms with van der Waals surface area (Å²) >= 11 is 2.34. The first kappa shape index (κ1) is 13.2. The topological polar surface area (TPSA) is 49.6 Å². The van der Waals surface area contributed by atoms with Crippen molar-refractivity contribution in [3.8, 4) is 11.1 Å². The molecule has 1 aromatic carbocycles. The molecule has 0 unspecified atom stereocenters. The second-order valence-corrected chi connectivity index (χ2v) is 5.71. The summed E-state index contributed by atoms with van der Waals surface area (Å²) in [6.45, 7) is 0.682. The molecule has 0 radical (unpaired) electrons. The van der Waals surface area contributed by atoms with Gasteiger partial charge in [0.25, 0.3) is 0 Å². The van der Waals surface area contributed by atoms with E-state index in [-0.39, 0.29) is 5.24 Å². The molecule has 102 valence electrons. The fraction of sp³-hybridized carbons (Fsp3) is 0.0714. The van der Waals surface area contributed by atoms with Gasteiger partial charge in [-0.2, -0.15) is 0 Å². The summed E-state index contributed by atoms with van der Waals surface area (Å²) in [5, 5.41) is 11.8. The van der Waals surface area contributed by atoms with Crippen molar-refractivity contribution in [2.24, 2.45) is 5.14 Å². The first-order chi connectivity index (χ1) is 9.79. The average molecular weight is 303 g/mol. The number of rotatable bonds is 2. The molecule has 0 spiro atoms. The number of benzene rings is 1. The Balaban J connectivity index is 1.86. The highest BCUT2D eigenvalue weighted by molar-refractivity contribution is 8.11. The van der Waals surface area contributed by atoms with E-state index in [1.807, 2.05) is 29.3 Å². The van der Waals surface area contributed by atoms with Crippen LogP contribution in [0.2, 0.25) is 0 Å². The summed E-state index contributed by atoms with van der Waals surface area (Å²) in [7, 11) is 0. The minimum atomic E-state index is -0.187. The standard InChI is InChI=1S/C14H13N3OS2/c15-20-14(18)17-8-4-7-16(17)13-9-12(10-19-13)11-5-2-1-3-6-11/h1-6,8-10H,7,15H2. The molecule has 2 N–H and O–H groups in total. The first-order valence-corrected chi connectivity index (χ1v) is 7.83. The number of thiophene rings is 1. The van der Waals surface area contributed by atoms with Crippen LogP contribution in [-0.4, -0.2) is 16.8 Å². The van der Waals surface area contributed by atoms with Crippen LogP contribution in [-0.2, 0) is 0 Å². The molecular formula is C14H13N3OS2. The van der Waals surface area contributed by atoms with E-state index in [1.165, 1.54) is 5.56 Å². The van der Waals surface area contributed by atoms with Gasteiger partial charge >= 0.3 is 5.24 Å². The normalized spacial score (nSPS) is 14.1. The molecule has 0 atom stereocenters. The van der Waals surface area contributed by atoms with Gasteiger partial charge in [0.05, 0.1) is 6.54 Å². The summed E-state index contributed by atoms with van der Waals surface area (Å²) in [6, 6.07) is 12.3. The number of carbonyl (C=O) groups is 1. The van der Waals surface area contributed by atoms with Gasteiger partial charge in [-0.25, -0.2) is 5.01 Å². The van der Waals surface area contributed by atoms with E-state index in [0.29, 0.717) is 6.54 Å². The number of nitrogens with two attached hydrogens (primary N) is 1. The first-order valence-electron chi connectivity index (χ1n) is 6.07. The maximum Gasteiger partial charge on any atom is 0.319 e. The van der Waals surface area contributed by atoms with Crippen LogP contribution in [0.3, 0.4) is 0 Å². The zero-order chi connectivity index (χ0) is 13.9. The molecule has 1 aliphatic rings. The summed E-state index contributed by atoms with van der Waals surface area (Å²) in [5.41, 5.74) is 2.33. The molecule has 6 heteroatoms. The van der Waals surface area contributed by atoms with E-state index in [1.54, 1.807) is 22.5 Å². The third kappa shape index (κ3) is 2.45. The van der Waals surface area contributed by atoms with Crippen LogP contribution in [0.15, 0.2) is 54.1 Å². The zero-order valence-electron chi connectivity index (χ0n) is 10.6. The fourth-order valence-electron chi connectivity index (χ4n) is 2.07. The molecule has 0 bridgehead atoms. The lowest BCUT2D eigenvalue weighted by Crippen LogP contribution is -2.37. The Labute approximate surface area is 125 Å². The van der Waals surface area contributed by atoms with Gasteiger partial charge in [0.2, 0.25) is 0 Å². The van der Waals surface area contributed by atoms with Gasteiger partial charge in [-0.05, 0) is 23.3 Å². The number of hydrogen-bond donors (Lipinski definition) is 1. The van der Waals surface area contributed by atoms with Crippen LogP contribution in [0.5, 0.6) is 0 Å². The van der Waals surface area contributed by atoms with Crippen LogP contribution >= 0.6 is 23.3 Å². The number of nitrogens with zero attached hydrogens (tertiary/aromatic N) is 2. The van der Waals surface area contributed by atoms with E-state index >= 15 is 0 Å². The summed E-state index contributed by atoms with van der Waals surface area (Å²) in [6.07, 6.45) is 3.69. The lowest BCUT2D eigenvalue weighted by atomic mass is 10.1. The lowest BCUT2D eigenvalue weighted by molar-refractivity contribution is 0.239. The molecule has 1 amide bonds. The highest BCUT2D eigenvalue weighted by Crippen LogP contribution is 2.34. The molecule has 4 nitrogen and oxygen atoms in total. The number of carbonyl (C=O) groups excluding carboxylic acids is 1. The Morgan fingerprint density at radius 1 is 1.25 bits per heavy atom. The molecule has 3 rings (SSSR count). The van der Waals surface area contributed by atoms with E-state index in [0.717, 1.165) is 22.5 Å². The predicted molar refractivity (Wildman–Crippen MR) is 85.3 cm³/mol. The van der Waals surface area contributed by atoms with Crippen molar-refractivity contribution in [2.45, 2.75) is 0 Å². The third-order valence-corrected chi connectivity index (χ3v) is 4.35. The third-order valence-electron chi connectivity index (χ3n) is 3.02. The Morgan fingerprint density at radius 3 is 2.80 bits per heavy atom. The van der Waals surface area contributed by atoms with Crippen LogP contribution < -0.4 is 10.1 Å². The zero-order valence-corrected chi connectivity index (χ0v) is 12.2. The van der Waals surface area contributed by atoms with Gasteiger partial charge in [-0.3, -0.25) is 14.9 Å². The van der Waals surface area contributed by atoms with E-state index in [9.17, 15) is 4.79 Å². The van der Waals surface area contributed by atoms with Crippen molar-refractivity contribution in [1.82, 2.24) is 5.01 Å². The van der Waals surface area contributed by atoms with Gasteiger partial charge in [-0.1, -0.05) is 30.3 Å². The van der Waals surface area contributed by atoms with Gasteiger partial charge in [0.15, 0.2) is 0 Å². The Kier molecular flexibility index (Phi) is 3.77. The minimum Gasteiger partial charge on any atom is -0.269 e. The van der Waals surface area contributed by atoms with E-state index < -0.39 is 0 Å². The summed E-state index contributed by atoms with van der Waals surface area (Å²) < 4.78 is 0. The second-order valence-electron chi connectivity index (χ2n) is 4.23. The van der Waals surface area contributed by atoms with Crippen molar-refractivity contribution < 1.29 is 4.79 Å². The Bertz CT molecular complexity index is 639. The maximum atomic E-state index is 11.8. The summed E-state index contributed by atoms with van der Waals surface area (Å²) in [4.78, 5) is 11.8. The smallest absolute Gasteiger partial charge is 0.269 e. The second kappa shape index (κ2) is 5.70. The van der Waals surface area contributed by atoms with Crippen molar-refractivity contribution in [1.29, 1.82) is 0 Å². The predicted octanol–water partition coefficient (Wildman–Crippen LogP) is 3.69. The van der Waals surface area contributed by atoms with Crippen LogP contribution in [0.25, 0.3) is 11.1 Å². The number of amides is 1.